The topological polar surface area (TPSA) is 38.0 Å². The zero-order valence-corrected chi connectivity index (χ0v) is 10.3. The Bertz CT molecular complexity index is 150. The first-order valence-electron chi connectivity index (χ1n) is 4.71. The molecule has 1 fully saturated rings. The van der Waals surface area contributed by atoms with Crippen LogP contribution < -0.4 is 11.3 Å². The van der Waals surface area contributed by atoms with Crippen molar-refractivity contribution < 1.29 is 0 Å². The van der Waals surface area contributed by atoms with E-state index >= 15 is 0 Å². The lowest BCUT2D eigenvalue weighted by Gasteiger charge is -2.37. The summed E-state index contributed by atoms with van der Waals surface area (Å²) in [6.07, 6.45) is 0. The summed E-state index contributed by atoms with van der Waals surface area (Å²) in [5.41, 5.74) is 3.23. The Morgan fingerprint density at radius 3 is 2.46 bits per heavy atom. The van der Waals surface area contributed by atoms with Gasteiger partial charge in [0.15, 0.2) is 0 Å². The fraction of sp³-hybridized carbons (Fsp3) is 1.00. The SMILES string of the molecule is CC(C)(C)C(NN)C1CSCCS1. The van der Waals surface area contributed by atoms with E-state index in [2.05, 4.69) is 38.0 Å². The number of thioether (sulfide) groups is 2. The molecule has 0 amide bonds. The van der Waals surface area contributed by atoms with Crippen molar-refractivity contribution in [3.63, 3.8) is 0 Å². The van der Waals surface area contributed by atoms with E-state index in [1.807, 2.05) is 11.8 Å². The van der Waals surface area contributed by atoms with Crippen molar-refractivity contribution in [2.75, 3.05) is 17.3 Å². The lowest BCUT2D eigenvalue weighted by Crippen LogP contribution is -2.52. The molecule has 1 saturated heterocycles. The third-order valence-electron chi connectivity index (χ3n) is 2.33. The average molecular weight is 220 g/mol. The standard InChI is InChI=1S/C9H20N2S2/c1-9(2,3)8(11-10)7-6-12-4-5-13-7/h7-8,11H,4-6,10H2,1-3H3. The van der Waals surface area contributed by atoms with E-state index in [0.29, 0.717) is 11.3 Å². The van der Waals surface area contributed by atoms with Gasteiger partial charge in [0, 0.05) is 28.6 Å². The van der Waals surface area contributed by atoms with Crippen LogP contribution in [0.1, 0.15) is 20.8 Å². The van der Waals surface area contributed by atoms with Gasteiger partial charge in [0.1, 0.15) is 0 Å². The fourth-order valence-corrected chi connectivity index (χ4v) is 4.72. The molecule has 0 bridgehead atoms. The smallest absolute Gasteiger partial charge is 0.0385 e. The summed E-state index contributed by atoms with van der Waals surface area (Å²) in [5.74, 6) is 9.41. The van der Waals surface area contributed by atoms with E-state index in [0.717, 1.165) is 0 Å². The summed E-state index contributed by atoms with van der Waals surface area (Å²) in [7, 11) is 0. The predicted octanol–water partition coefficient (Wildman–Crippen LogP) is 1.71. The average Bonchev–Trinajstić information content (AvgIpc) is 2.05. The van der Waals surface area contributed by atoms with Gasteiger partial charge >= 0.3 is 0 Å². The highest BCUT2D eigenvalue weighted by Gasteiger charge is 2.32. The second-order valence-corrected chi connectivity index (χ2v) is 6.99. The maximum absolute atomic E-state index is 5.62. The Morgan fingerprint density at radius 2 is 2.08 bits per heavy atom. The molecule has 0 aromatic carbocycles. The Kier molecular flexibility index (Phi) is 4.42. The molecule has 0 spiro atoms. The molecule has 0 aromatic rings. The number of hydrogen-bond acceptors (Lipinski definition) is 4. The molecule has 0 saturated carbocycles. The molecule has 1 heterocycles. The second kappa shape index (κ2) is 4.91. The third kappa shape index (κ3) is 3.35. The number of hydrazine groups is 1. The van der Waals surface area contributed by atoms with E-state index < -0.39 is 0 Å². The van der Waals surface area contributed by atoms with Crippen molar-refractivity contribution in [3.8, 4) is 0 Å². The van der Waals surface area contributed by atoms with Gasteiger partial charge in [-0.15, -0.1) is 0 Å². The number of rotatable bonds is 2. The van der Waals surface area contributed by atoms with Gasteiger partial charge in [-0.3, -0.25) is 11.3 Å². The molecule has 1 aliphatic heterocycles. The van der Waals surface area contributed by atoms with E-state index in [9.17, 15) is 0 Å². The maximum atomic E-state index is 5.62. The first-order chi connectivity index (χ1) is 6.05. The van der Waals surface area contributed by atoms with Gasteiger partial charge in [-0.2, -0.15) is 23.5 Å². The Balaban J connectivity index is 2.54. The van der Waals surface area contributed by atoms with Crippen LogP contribution in [0.15, 0.2) is 0 Å². The Morgan fingerprint density at radius 1 is 1.38 bits per heavy atom. The summed E-state index contributed by atoms with van der Waals surface area (Å²) in [6, 6.07) is 0.422. The molecule has 4 heteroatoms. The molecule has 1 aliphatic rings. The van der Waals surface area contributed by atoms with Gasteiger partial charge in [-0.05, 0) is 5.41 Å². The van der Waals surface area contributed by atoms with E-state index in [4.69, 9.17) is 5.84 Å². The maximum Gasteiger partial charge on any atom is 0.0385 e. The van der Waals surface area contributed by atoms with E-state index in [1.54, 1.807) is 0 Å². The first kappa shape index (κ1) is 11.7. The Hall–Kier alpha value is 0.620. The van der Waals surface area contributed by atoms with Crippen LogP contribution in [0.2, 0.25) is 0 Å². The molecule has 2 unspecified atom stereocenters. The largest absolute Gasteiger partial charge is 0.271 e. The number of nitrogens with two attached hydrogens (primary N) is 1. The minimum absolute atomic E-state index is 0.254. The first-order valence-corrected chi connectivity index (χ1v) is 6.91. The van der Waals surface area contributed by atoms with Crippen molar-refractivity contribution in [3.05, 3.63) is 0 Å². The van der Waals surface area contributed by atoms with Crippen molar-refractivity contribution >= 4 is 23.5 Å². The normalized spacial score (nSPS) is 27.2. The van der Waals surface area contributed by atoms with Crippen LogP contribution in [0.3, 0.4) is 0 Å². The number of nitrogens with one attached hydrogen (secondary N) is 1. The molecule has 2 nitrogen and oxygen atoms in total. The van der Waals surface area contributed by atoms with Crippen LogP contribution in [-0.4, -0.2) is 28.6 Å². The second-order valence-electron chi connectivity index (χ2n) is 4.49. The molecule has 78 valence electrons. The van der Waals surface area contributed by atoms with Crippen molar-refractivity contribution in [2.45, 2.75) is 32.1 Å². The molecule has 0 aliphatic carbocycles. The van der Waals surface area contributed by atoms with Gasteiger partial charge in [0.2, 0.25) is 0 Å². The highest BCUT2D eigenvalue weighted by molar-refractivity contribution is 8.06. The zero-order valence-electron chi connectivity index (χ0n) is 8.67. The quantitative estimate of drug-likeness (QED) is 0.549. The van der Waals surface area contributed by atoms with Crippen LogP contribution in [0.4, 0.5) is 0 Å². The molecule has 13 heavy (non-hydrogen) atoms. The van der Waals surface area contributed by atoms with Gasteiger partial charge in [0.25, 0.3) is 0 Å². The molecular formula is C9H20N2S2. The van der Waals surface area contributed by atoms with E-state index in [-0.39, 0.29) is 5.41 Å². The third-order valence-corrected chi connectivity index (χ3v) is 5.19. The molecular weight excluding hydrogens is 200 g/mol. The van der Waals surface area contributed by atoms with Crippen LogP contribution in [0, 0.1) is 5.41 Å². The van der Waals surface area contributed by atoms with Crippen molar-refractivity contribution in [1.82, 2.24) is 5.43 Å². The zero-order chi connectivity index (χ0) is 9.90. The minimum Gasteiger partial charge on any atom is -0.271 e. The van der Waals surface area contributed by atoms with Crippen molar-refractivity contribution in [2.24, 2.45) is 11.3 Å². The summed E-state index contributed by atoms with van der Waals surface area (Å²) in [4.78, 5) is 0. The van der Waals surface area contributed by atoms with Crippen LogP contribution in [0.5, 0.6) is 0 Å². The molecule has 0 aromatic heterocycles. The summed E-state index contributed by atoms with van der Waals surface area (Å²) < 4.78 is 0. The molecule has 2 atom stereocenters. The summed E-state index contributed by atoms with van der Waals surface area (Å²) in [6.45, 7) is 6.74. The minimum atomic E-state index is 0.254. The van der Waals surface area contributed by atoms with Crippen LogP contribution in [0.25, 0.3) is 0 Å². The van der Waals surface area contributed by atoms with Gasteiger partial charge in [0.05, 0.1) is 0 Å². The highest BCUT2D eigenvalue weighted by Crippen LogP contribution is 2.33. The van der Waals surface area contributed by atoms with Crippen molar-refractivity contribution in [1.29, 1.82) is 0 Å². The lowest BCUT2D eigenvalue weighted by atomic mass is 9.85. The molecule has 3 N–H and O–H groups in total. The van der Waals surface area contributed by atoms with Gasteiger partial charge in [-0.25, -0.2) is 0 Å². The molecule has 0 radical (unpaired) electrons. The summed E-state index contributed by atoms with van der Waals surface area (Å²) in [5, 5.41) is 0.670. The highest BCUT2D eigenvalue weighted by atomic mass is 32.2. The molecule has 1 rings (SSSR count). The Labute approximate surface area is 89.8 Å². The number of hydrogen-bond donors (Lipinski definition) is 2. The summed E-state index contributed by atoms with van der Waals surface area (Å²) >= 11 is 4.11. The predicted molar refractivity (Wildman–Crippen MR) is 64.1 cm³/mol. The van der Waals surface area contributed by atoms with E-state index in [1.165, 1.54) is 17.3 Å². The van der Waals surface area contributed by atoms with Crippen LogP contribution >= 0.6 is 23.5 Å². The monoisotopic (exact) mass is 220 g/mol. The lowest BCUT2D eigenvalue weighted by molar-refractivity contribution is 0.270. The van der Waals surface area contributed by atoms with Gasteiger partial charge in [-0.1, -0.05) is 20.8 Å². The fourth-order valence-electron chi connectivity index (χ4n) is 1.61. The van der Waals surface area contributed by atoms with Crippen LogP contribution in [-0.2, 0) is 0 Å². The van der Waals surface area contributed by atoms with Gasteiger partial charge < -0.3 is 0 Å².